The number of esters is 1. The average molecular weight is 332 g/mol. The summed E-state index contributed by atoms with van der Waals surface area (Å²) in [4.78, 5) is 25.0. The predicted molar refractivity (Wildman–Crippen MR) is 84.8 cm³/mol. The van der Waals surface area contributed by atoms with Gasteiger partial charge in [0.05, 0.1) is 32.5 Å². The minimum Gasteiger partial charge on any atom is -0.496 e. The summed E-state index contributed by atoms with van der Waals surface area (Å²) in [5.74, 6) is -1.50. The first kappa shape index (κ1) is 16.2. The van der Waals surface area contributed by atoms with Crippen LogP contribution < -0.4 is 10.2 Å². The minimum atomic E-state index is -1.19. The Bertz CT molecular complexity index is 894. The summed E-state index contributed by atoms with van der Waals surface area (Å²) in [6.07, 6.45) is 1.62. The zero-order valence-corrected chi connectivity index (χ0v) is 13.1. The summed E-state index contributed by atoms with van der Waals surface area (Å²) in [6.45, 7) is -0.244. The molecule has 0 saturated heterocycles. The number of carbonyl (C=O) groups is 1. The zero-order valence-electron chi connectivity index (χ0n) is 13.1. The standard InChI is InChI=1S/C17H16O7/c1-22-11-5-8(7-18)6-12-14(11)16(20)15-10(24-12)4-3-9(19)13(15)17(21)23-2/h3-6,9,13,18-19H,7H2,1-2H3/t9-,13+/m1/s1. The van der Waals surface area contributed by atoms with Gasteiger partial charge in [0.2, 0.25) is 5.43 Å². The number of hydrogen-bond acceptors (Lipinski definition) is 7. The Morgan fingerprint density at radius 1 is 1.33 bits per heavy atom. The largest absolute Gasteiger partial charge is 0.496 e. The molecule has 126 valence electrons. The Kier molecular flexibility index (Phi) is 4.13. The van der Waals surface area contributed by atoms with Crippen LogP contribution in [0.25, 0.3) is 17.0 Å². The maximum Gasteiger partial charge on any atom is 0.316 e. The van der Waals surface area contributed by atoms with Gasteiger partial charge in [0.25, 0.3) is 0 Å². The Morgan fingerprint density at radius 2 is 2.08 bits per heavy atom. The third-order valence-electron chi connectivity index (χ3n) is 4.04. The van der Waals surface area contributed by atoms with Gasteiger partial charge in [-0.1, -0.05) is 6.08 Å². The molecule has 0 bridgehead atoms. The molecule has 3 rings (SSSR count). The van der Waals surface area contributed by atoms with Crippen LogP contribution >= 0.6 is 0 Å². The molecule has 0 unspecified atom stereocenters. The monoisotopic (exact) mass is 332 g/mol. The van der Waals surface area contributed by atoms with E-state index in [0.717, 1.165) is 0 Å². The third-order valence-corrected chi connectivity index (χ3v) is 4.04. The molecule has 24 heavy (non-hydrogen) atoms. The molecule has 0 spiro atoms. The highest BCUT2D eigenvalue weighted by Gasteiger charge is 2.36. The molecule has 1 heterocycles. The number of rotatable bonds is 3. The lowest BCUT2D eigenvalue weighted by atomic mass is 9.87. The van der Waals surface area contributed by atoms with Gasteiger partial charge in [0.1, 0.15) is 28.4 Å². The summed E-state index contributed by atoms with van der Waals surface area (Å²) in [5.41, 5.74) is 0.296. The van der Waals surface area contributed by atoms with Crippen molar-refractivity contribution in [2.75, 3.05) is 14.2 Å². The molecule has 0 radical (unpaired) electrons. The molecule has 1 aromatic heterocycles. The number of aliphatic hydroxyl groups is 2. The first-order valence-electron chi connectivity index (χ1n) is 7.24. The van der Waals surface area contributed by atoms with Gasteiger partial charge in [-0.05, 0) is 23.8 Å². The fourth-order valence-corrected chi connectivity index (χ4v) is 2.89. The summed E-state index contributed by atoms with van der Waals surface area (Å²) in [7, 11) is 2.57. The van der Waals surface area contributed by atoms with E-state index in [0.29, 0.717) is 5.56 Å². The first-order chi connectivity index (χ1) is 11.5. The molecule has 1 aliphatic carbocycles. The van der Waals surface area contributed by atoms with Gasteiger partial charge < -0.3 is 24.1 Å². The lowest BCUT2D eigenvalue weighted by Gasteiger charge is -2.23. The highest BCUT2D eigenvalue weighted by Crippen LogP contribution is 2.34. The smallest absolute Gasteiger partial charge is 0.316 e. The molecule has 2 N–H and O–H groups in total. The van der Waals surface area contributed by atoms with E-state index in [-0.39, 0.29) is 34.6 Å². The Labute approximate surface area is 136 Å². The third kappa shape index (κ3) is 2.38. The fraction of sp³-hybridized carbons (Fsp3) is 0.294. The summed E-state index contributed by atoms with van der Waals surface area (Å²) in [5, 5.41) is 19.6. The molecule has 1 aromatic carbocycles. The highest BCUT2D eigenvalue weighted by atomic mass is 16.5. The van der Waals surface area contributed by atoms with Crippen molar-refractivity contribution in [2.45, 2.75) is 18.6 Å². The molecule has 0 aliphatic heterocycles. The van der Waals surface area contributed by atoms with Gasteiger partial charge in [-0.15, -0.1) is 0 Å². The van der Waals surface area contributed by atoms with Crippen LogP contribution in [0.15, 0.2) is 27.4 Å². The molecular formula is C17H16O7. The lowest BCUT2D eigenvalue weighted by Crippen LogP contribution is -2.33. The first-order valence-corrected chi connectivity index (χ1v) is 7.24. The summed E-state index contributed by atoms with van der Waals surface area (Å²) >= 11 is 0. The molecule has 0 amide bonds. The molecule has 2 atom stereocenters. The van der Waals surface area contributed by atoms with E-state index in [1.54, 1.807) is 0 Å². The van der Waals surface area contributed by atoms with E-state index in [1.807, 2.05) is 0 Å². The van der Waals surface area contributed by atoms with Crippen molar-refractivity contribution in [2.24, 2.45) is 0 Å². The fourth-order valence-electron chi connectivity index (χ4n) is 2.89. The van der Waals surface area contributed by atoms with Crippen LogP contribution in [-0.4, -0.2) is 36.5 Å². The zero-order chi connectivity index (χ0) is 17.4. The number of ether oxygens (including phenoxy) is 2. The van der Waals surface area contributed by atoms with Crippen molar-refractivity contribution >= 4 is 23.0 Å². The van der Waals surface area contributed by atoms with E-state index >= 15 is 0 Å². The number of fused-ring (bicyclic) bond motifs is 2. The Hall–Kier alpha value is -2.64. The maximum atomic E-state index is 13.0. The highest BCUT2D eigenvalue weighted by molar-refractivity contribution is 5.89. The van der Waals surface area contributed by atoms with Crippen LogP contribution in [0.1, 0.15) is 22.8 Å². The van der Waals surface area contributed by atoms with E-state index in [9.17, 15) is 19.8 Å². The van der Waals surface area contributed by atoms with Crippen LogP contribution in [0.5, 0.6) is 5.75 Å². The van der Waals surface area contributed by atoms with Crippen LogP contribution in [0, 0.1) is 0 Å². The van der Waals surface area contributed by atoms with Crippen molar-refractivity contribution in [3.8, 4) is 5.75 Å². The molecule has 2 aromatic rings. The second kappa shape index (κ2) is 6.10. The van der Waals surface area contributed by atoms with Crippen LogP contribution in [0.2, 0.25) is 0 Å². The van der Waals surface area contributed by atoms with E-state index < -0.39 is 23.4 Å². The van der Waals surface area contributed by atoms with Crippen molar-refractivity contribution in [3.05, 3.63) is 45.3 Å². The van der Waals surface area contributed by atoms with Gasteiger partial charge in [-0.2, -0.15) is 0 Å². The van der Waals surface area contributed by atoms with Gasteiger partial charge in [-0.3, -0.25) is 9.59 Å². The van der Waals surface area contributed by atoms with Crippen molar-refractivity contribution in [1.29, 1.82) is 0 Å². The summed E-state index contributed by atoms with van der Waals surface area (Å²) < 4.78 is 15.6. The van der Waals surface area contributed by atoms with Gasteiger partial charge in [-0.25, -0.2) is 0 Å². The molecule has 7 heteroatoms. The molecule has 7 nitrogen and oxygen atoms in total. The Morgan fingerprint density at radius 3 is 2.71 bits per heavy atom. The van der Waals surface area contributed by atoms with E-state index in [1.165, 1.54) is 38.5 Å². The molecule has 0 fully saturated rings. The van der Waals surface area contributed by atoms with Crippen molar-refractivity contribution in [1.82, 2.24) is 0 Å². The summed E-state index contributed by atoms with van der Waals surface area (Å²) in [6, 6.07) is 3.06. The van der Waals surface area contributed by atoms with Crippen LogP contribution in [0.3, 0.4) is 0 Å². The predicted octanol–water partition coefficient (Wildman–Crippen LogP) is 0.938. The van der Waals surface area contributed by atoms with Crippen molar-refractivity contribution in [3.63, 3.8) is 0 Å². The quantitative estimate of drug-likeness (QED) is 0.806. The maximum absolute atomic E-state index is 13.0. The average Bonchev–Trinajstić information content (AvgIpc) is 2.60. The lowest BCUT2D eigenvalue weighted by molar-refractivity contribution is -0.144. The second-order valence-corrected chi connectivity index (χ2v) is 5.39. The molecule has 0 saturated carbocycles. The normalized spacial score (nSPS) is 19.2. The van der Waals surface area contributed by atoms with Gasteiger partial charge in [0, 0.05) is 0 Å². The van der Waals surface area contributed by atoms with Gasteiger partial charge >= 0.3 is 5.97 Å². The second-order valence-electron chi connectivity index (χ2n) is 5.39. The van der Waals surface area contributed by atoms with E-state index in [2.05, 4.69) is 0 Å². The number of benzene rings is 1. The Balaban J connectivity index is 2.38. The minimum absolute atomic E-state index is 0.0272. The number of carbonyl (C=O) groups excluding carboxylic acids is 1. The van der Waals surface area contributed by atoms with Gasteiger partial charge in [0.15, 0.2) is 0 Å². The topological polar surface area (TPSA) is 106 Å². The van der Waals surface area contributed by atoms with E-state index in [4.69, 9.17) is 13.9 Å². The molecule has 1 aliphatic rings. The number of aliphatic hydroxyl groups excluding tert-OH is 2. The SMILES string of the molecule is COC(=O)[C@@H]1c2c(oc3cc(CO)cc(OC)c3c2=O)C=C[C@H]1O. The van der Waals surface area contributed by atoms with Crippen LogP contribution in [-0.2, 0) is 16.1 Å². The molecular weight excluding hydrogens is 316 g/mol. The number of hydrogen-bond donors (Lipinski definition) is 2. The van der Waals surface area contributed by atoms with Crippen LogP contribution in [0.4, 0.5) is 0 Å². The van der Waals surface area contributed by atoms with Crippen molar-refractivity contribution < 1.29 is 28.9 Å². The number of methoxy groups -OCH3 is 2.